The molecule has 1 atom stereocenters. The van der Waals surface area contributed by atoms with Crippen LogP contribution >= 0.6 is 0 Å². The van der Waals surface area contributed by atoms with E-state index in [1.807, 2.05) is 24.3 Å². The normalized spacial score (nSPS) is 20.7. The molecule has 0 spiro atoms. The average molecular weight is 424 g/mol. The molecule has 5 nitrogen and oxygen atoms in total. The molecule has 0 aliphatic carbocycles. The number of carbonyl (C=O) groups excluding carboxylic acids is 1. The van der Waals surface area contributed by atoms with Crippen molar-refractivity contribution in [2.75, 3.05) is 40.1 Å². The molecule has 2 saturated heterocycles. The molecule has 2 aliphatic heterocycles. The zero-order valence-corrected chi connectivity index (χ0v) is 18.4. The predicted octanol–water partition coefficient (Wildman–Crippen LogP) is 4.24. The van der Waals surface area contributed by atoms with Crippen LogP contribution in [0.3, 0.4) is 0 Å². The minimum absolute atomic E-state index is 0.149. The highest BCUT2D eigenvalue weighted by Crippen LogP contribution is 2.39. The van der Waals surface area contributed by atoms with Crippen LogP contribution in [-0.2, 0) is 20.7 Å². The van der Waals surface area contributed by atoms with Gasteiger partial charge >= 0.3 is 0 Å². The maximum absolute atomic E-state index is 13.5. The van der Waals surface area contributed by atoms with Crippen molar-refractivity contribution in [3.63, 3.8) is 0 Å². The van der Waals surface area contributed by atoms with Crippen molar-refractivity contribution in [1.29, 1.82) is 0 Å². The minimum Gasteiger partial charge on any atom is -0.496 e. The van der Waals surface area contributed by atoms with Crippen LogP contribution in [0.5, 0.6) is 5.75 Å². The number of para-hydroxylation sites is 1. The van der Waals surface area contributed by atoms with Crippen molar-refractivity contribution in [3.8, 4) is 16.9 Å². The van der Waals surface area contributed by atoms with Crippen molar-refractivity contribution < 1.29 is 19.0 Å². The Labute approximate surface area is 185 Å². The van der Waals surface area contributed by atoms with Crippen LogP contribution in [0, 0.1) is 11.3 Å². The summed E-state index contributed by atoms with van der Waals surface area (Å²) in [5, 5.41) is 3.27. The second-order valence-electron chi connectivity index (χ2n) is 8.72. The van der Waals surface area contributed by atoms with E-state index in [0.717, 1.165) is 55.8 Å². The largest absolute Gasteiger partial charge is 0.496 e. The molecule has 166 valence electrons. The summed E-state index contributed by atoms with van der Waals surface area (Å²) in [6.45, 7) is 3.52. The van der Waals surface area contributed by atoms with Gasteiger partial charge in [-0.15, -0.1) is 0 Å². The maximum atomic E-state index is 13.5. The summed E-state index contributed by atoms with van der Waals surface area (Å²) in [5.74, 6) is 1.41. The Hall–Kier alpha value is -2.37. The summed E-state index contributed by atoms with van der Waals surface area (Å²) in [5.41, 5.74) is 2.90. The summed E-state index contributed by atoms with van der Waals surface area (Å²) in [7, 11) is 1.70. The molecule has 4 rings (SSSR count). The molecule has 2 aliphatic rings. The molecule has 0 saturated carbocycles. The second-order valence-corrected chi connectivity index (χ2v) is 8.72. The van der Waals surface area contributed by atoms with Gasteiger partial charge in [-0.25, -0.2) is 0 Å². The summed E-state index contributed by atoms with van der Waals surface area (Å²) in [6, 6.07) is 16.4. The Balaban J connectivity index is 1.58. The van der Waals surface area contributed by atoms with E-state index >= 15 is 0 Å². The molecule has 2 heterocycles. The highest BCUT2D eigenvalue weighted by Gasteiger charge is 2.40. The van der Waals surface area contributed by atoms with E-state index in [0.29, 0.717) is 32.1 Å². The van der Waals surface area contributed by atoms with Gasteiger partial charge in [-0.05, 0) is 55.2 Å². The Morgan fingerprint density at radius 3 is 2.52 bits per heavy atom. The van der Waals surface area contributed by atoms with E-state index in [1.54, 1.807) is 7.11 Å². The number of ether oxygens (including phenoxy) is 3. The Morgan fingerprint density at radius 2 is 1.77 bits per heavy atom. The summed E-state index contributed by atoms with van der Waals surface area (Å²) in [6.07, 6.45) is 4.36. The second kappa shape index (κ2) is 10.3. The predicted molar refractivity (Wildman–Crippen MR) is 121 cm³/mol. The molecular weight excluding hydrogens is 390 g/mol. The third kappa shape index (κ3) is 5.10. The van der Waals surface area contributed by atoms with E-state index in [2.05, 4.69) is 29.6 Å². The van der Waals surface area contributed by atoms with Gasteiger partial charge in [0.1, 0.15) is 5.75 Å². The quantitative estimate of drug-likeness (QED) is 0.724. The lowest BCUT2D eigenvalue weighted by Crippen LogP contribution is -2.47. The first-order valence-electron chi connectivity index (χ1n) is 11.4. The fraction of sp³-hybridized carbons (Fsp3) is 0.500. The van der Waals surface area contributed by atoms with Crippen LogP contribution < -0.4 is 10.1 Å². The topological polar surface area (TPSA) is 56.8 Å². The van der Waals surface area contributed by atoms with Crippen molar-refractivity contribution in [1.82, 2.24) is 5.32 Å². The van der Waals surface area contributed by atoms with Crippen LogP contribution in [0.15, 0.2) is 48.5 Å². The van der Waals surface area contributed by atoms with Gasteiger partial charge < -0.3 is 19.5 Å². The van der Waals surface area contributed by atoms with E-state index in [4.69, 9.17) is 14.2 Å². The first kappa shape index (κ1) is 21.8. The van der Waals surface area contributed by atoms with Gasteiger partial charge in [-0.3, -0.25) is 4.79 Å². The van der Waals surface area contributed by atoms with Gasteiger partial charge in [0.2, 0.25) is 5.91 Å². The van der Waals surface area contributed by atoms with Crippen LogP contribution in [0.4, 0.5) is 0 Å². The standard InChI is InChI=1S/C26H33NO4/c1-29-24-11-5-4-10-23(24)22-9-3-2-8-21(22)17-26(12-15-30-16-13-26)25(28)27-18-20-7-6-14-31-19-20/h2-5,8-11,20H,6-7,12-19H2,1H3,(H,27,28). The number of amides is 1. The van der Waals surface area contributed by atoms with Gasteiger partial charge in [0.05, 0.1) is 19.1 Å². The molecule has 1 N–H and O–H groups in total. The van der Waals surface area contributed by atoms with Crippen LogP contribution in [0.2, 0.25) is 0 Å². The molecule has 2 fully saturated rings. The highest BCUT2D eigenvalue weighted by molar-refractivity contribution is 5.84. The average Bonchev–Trinajstić information content (AvgIpc) is 2.84. The first-order valence-corrected chi connectivity index (χ1v) is 11.4. The summed E-state index contributed by atoms with van der Waals surface area (Å²) >= 11 is 0. The van der Waals surface area contributed by atoms with Gasteiger partial charge in [0.15, 0.2) is 0 Å². The third-order valence-electron chi connectivity index (χ3n) is 6.68. The van der Waals surface area contributed by atoms with Crippen LogP contribution in [0.25, 0.3) is 11.1 Å². The number of methoxy groups -OCH3 is 1. The lowest BCUT2D eigenvalue weighted by atomic mass is 9.73. The number of benzene rings is 2. The monoisotopic (exact) mass is 423 g/mol. The van der Waals surface area contributed by atoms with Crippen LogP contribution in [0.1, 0.15) is 31.2 Å². The smallest absolute Gasteiger partial charge is 0.226 e. The summed E-state index contributed by atoms with van der Waals surface area (Å²) < 4.78 is 16.8. The Kier molecular flexibility index (Phi) is 7.25. The molecule has 0 bridgehead atoms. The van der Waals surface area contributed by atoms with E-state index in [-0.39, 0.29) is 5.91 Å². The first-order chi connectivity index (χ1) is 15.2. The molecule has 5 heteroatoms. The lowest BCUT2D eigenvalue weighted by Gasteiger charge is -2.37. The van der Waals surface area contributed by atoms with Gasteiger partial charge in [-0.2, -0.15) is 0 Å². The number of nitrogens with one attached hydrogen (secondary N) is 1. The van der Waals surface area contributed by atoms with Gasteiger partial charge in [0, 0.05) is 31.9 Å². The zero-order chi connectivity index (χ0) is 21.5. The van der Waals surface area contributed by atoms with Crippen molar-refractivity contribution >= 4 is 5.91 Å². The molecule has 0 aromatic heterocycles. The Morgan fingerprint density at radius 1 is 1.03 bits per heavy atom. The van der Waals surface area contributed by atoms with Crippen molar-refractivity contribution in [2.45, 2.75) is 32.1 Å². The maximum Gasteiger partial charge on any atom is 0.226 e. The fourth-order valence-electron chi connectivity index (χ4n) is 4.81. The van der Waals surface area contributed by atoms with E-state index in [9.17, 15) is 4.79 Å². The number of hydrogen-bond acceptors (Lipinski definition) is 4. The molecule has 31 heavy (non-hydrogen) atoms. The van der Waals surface area contributed by atoms with Crippen molar-refractivity contribution in [3.05, 3.63) is 54.1 Å². The van der Waals surface area contributed by atoms with E-state index in [1.165, 1.54) is 5.56 Å². The van der Waals surface area contributed by atoms with Gasteiger partial charge in [-0.1, -0.05) is 42.5 Å². The summed E-state index contributed by atoms with van der Waals surface area (Å²) in [4.78, 5) is 13.5. The Bertz CT molecular complexity index is 869. The molecule has 1 amide bonds. The van der Waals surface area contributed by atoms with E-state index < -0.39 is 5.41 Å². The SMILES string of the molecule is COc1ccccc1-c1ccccc1CC1(C(=O)NCC2CCCOC2)CCOCC1. The zero-order valence-electron chi connectivity index (χ0n) is 18.4. The molecule has 1 unspecified atom stereocenters. The third-order valence-corrected chi connectivity index (χ3v) is 6.68. The highest BCUT2D eigenvalue weighted by atomic mass is 16.5. The molecule has 2 aromatic rings. The molecular formula is C26H33NO4. The minimum atomic E-state index is -0.452. The number of carbonyl (C=O) groups is 1. The molecule has 2 aromatic carbocycles. The van der Waals surface area contributed by atoms with Crippen molar-refractivity contribution in [2.24, 2.45) is 11.3 Å². The van der Waals surface area contributed by atoms with Crippen LogP contribution in [-0.4, -0.2) is 46.0 Å². The van der Waals surface area contributed by atoms with Gasteiger partial charge in [0.25, 0.3) is 0 Å². The molecule has 0 radical (unpaired) electrons. The number of hydrogen-bond donors (Lipinski definition) is 1. The lowest BCUT2D eigenvalue weighted by molar-refractivity contribution is -0.137. The fourth-order valence-corrected chi connectivity index (χ4v) is 4.81. The number of rotatable bonds is 7.